The number of rotatable bonds is 3. The SMILES string of the molecule is Cc1cc(C)c(O[C@H](C)C#CCOC(=O)C(C)(C)C)c(C)c1. The largest absolute Gasteiger partial charge is 0.478 e. The molecule has 0 aliphatic rings. The molecule has 1 atom stereocenters. The van der Waals surface area contributed by atoms with Gasteiger partial charge in [0.1, 0.15) is 5.75 Å². The fourth-order valence-electron chi connectivity index (χ4n) is 2.06. The molecule has 0 heterocycles. The van der Waals surface area contributed by atoms with Crippen LogP contribution in [0, 0.1) is 38.0 Å². The third-order valence-corrected chi connectivity index (χ3v) is 3.09. The highest BCUT2D eigenvalue weighted by Crippen LogP contribution is 2.25. The zero-order chi connectivity index (χ0) is 16.9. The van der Waals surface area contributed by atoms with E-state index in [2.05, 4.69) is 30.9 Å². The first-order chi connectivity index (χ1) is 10.1. The average Bonchev–Trinajstić information content (AvgIpc) is 2.37. The molecule has 0 spiro atoms. The van der Waals surface area contributed by atoms with E-state index in [9.17, 15) is 4.79 Å². The number of hydrogen-bond acceptors (Lipinski definition) is 3. The van der Waals surface area contributed by atoms with Gasteiger partial charge in [0.15, 0.2) is 12.7 Å². The summed E-state index contributed by atoms with van der Waals surface area (Å²) in [4.78, 5) is 11.6. The highest BCUT2D eigenvalue weighted by molar-refractivity contribution is 5.75. The van der Waals surface area contributed by atoms with Crippen molar-refractivity contribution in [1.29, 1.82) is 0 Å². The molecule has 0 amide bonds. The van der Waals surface area contributed by atoms with Crippen molar-refractivity contribution in [3.05, 3.63) is 28.8 Å². The molecule has 0 fully saturated rings. The summed E-state index contributed by atoms with van der Waals surface area (Å²) in [5, 5.41) is 0. The van der Waals surface area contributed by atoms with Crippen LogP contribution in [0.15, 0.2) is 12.1 Å². The molecule has 1 aromatic rings. The standard InChI is InChI=1S/C19H26O3/c1-13-11-14(2)17(15(3)12-13)22-16(4)9-8-10-21-18(20)19(5,6)7/h11-12,16H,10H2,1-7H3/t16-/m1/s1. The second-order valence-corrected chi connectivity index (χ2v) is 6.64. The van der Waals surface area contributed by atoms with Crippen LogP contribution < -0.4 is 4.74 Å². The van der Waals surface area contributed by atoms with Crippen molar-refractivity contribution in [2.75, 3.05) is 6.61 Å². The van der Waals surface area contributed by atoms with E-state index < -0.39 is 5.41 Å². The number of benzene rings is 1. The summed E-state index contributed by atoms with van der Waals surface area (Å²) in [5.41, 5.74) is 2.92. The van der Waals surface area contributed by atoms with Crippen LogP contribution >= 0.6 is 0 Å². The molecular formula is C19H26O3. The van der Waals surface area contributed by atoms with E-state index >= 15 is 0 Å². The maximum Gasteiger partial charge on any atom is 0.312 e. The van der Waals surface area contributed by atoms with E-state index in [1.165, 1.54) is 5.56 Å². The molecule has 0 radical (unpaired) electrons. The van der Waals surface area contributed by atoms with E-state index in [1.54, 1.807) is 0 Å². The van der Waals surface area contributed by atoms with Crippen molar-refractivity contribution in [1.82, 2.24) is 0 Å². The van der Waals surface area contributed by atoms with Crippen molar-refractivity contribution in [3.8, 4) is 17.6 Å². The molecule has 0 N–H and O–H groups in total. The zero-order valence-corrected chi connectivity index (χ0v) is 14.7. The van der Waals surface area contributed by atoms with Crippen LogP contribution in [0.5, 0.6) is 5.75 Å². The molecule has 120 valence electrons. The first kappa shape index (κ1) is 18.1. The van der Waals surface area contributed by atoms with Crippen LogP contribution in [-0.2, 0) is 9.53 Å². The molecular weight excluding hydrogens is 276 g/mol. The molecule has 0 bridgehead atoms. The van der Waals surface area contributed by atoms with Crippen LogP contribution in [-0.4, -0.2) is 18.7 Å². The summed E-state index contributed by atoms with van der Waals surface area (Å²) in [5.74, 6) is 6.42. The highest BCUT2D eigenvalue weighted by atomic mass is 16.5. The summed E-state index contributed by atoms with van der Waals surface area (Å²) in [7, 11) is 0. The fourth-order valence-corrected chi connectivity index (χ4v) is 2.06. The van der Waals surface area contributed by atoms with Crippen molar-refractivity contribution >= 4 is 5.97 Å². The lowest BCUT2D eigenvalue weighted by atomic mass is 9.97. The smallest absolute Gasteiger partial charge is 0.312 e. The second kappa shape index (κ2) is 7.35. The molecule has 22 heavy (non-hydrogen) atoms. The molecule has 0 aromatic heterocycles. The summed E-state index contributed by atoms with van der Waals surface area (Å²) in [6.45, 7) is 13.6. The Balaban J connectivity index is 2.60. The van der Waals surface area contributed by atoms with Crippen molar-refractivity contribution in [2.24, 2.45) is 5.41 Å². The summed E-state index contributed by atoms with van der Waals surface area (Å²) < 4.78 is 11.0. The minimum absolute atomic E-state index is 0.0929. The molecule has 1 aromatic carbocycles. The van der Waals surface area contributed by atoms with Gasteiger partial charge in [-0.2, -0.15) is 0 Å². The zero-order valence-electron chi connectivity index (χ0n) is 14.7. The molecule has 0 aliphatic carbocycles. The van der Waals surface area contributed by atoms with Gasteiger partial charge in [-0.05, 0) is 59.6 Å². The minimum atomic E-state index is -0.500. The van der Waals surface area contributed by atoms with Gasteiger partial charge in [-0.1, -0.05) is 29.5 Å². The Morgan fingerprint density at radius 2 is 1.73 bits per heavy atom. The van der Waals surface area contributed by atoms with Gasteiger partial charge < -0.3 is 9.47 Å². The van der Waals surface area contributed by atoms with E-state index in [-0.39, 0.29) is 18.7 Å². The number of ether oxygens (including phenoxy) is 2. The van der Waals surface area contributed by atoms with E-state index in [1.807, 2.05) is 41.5 Å². The van der Waals surface area contributed by atoms with Gasteiger partial charge in [0.25, 0.3) is 0 Å². The van der Waals surface area contributed by atoms with Crippen molar-refractivity contribution in [2.45, 2.75) is 54.6 Å². The Kier molecular flexibility index (Phi) is 6.05. The van der Waals surface area contributed by atoms with Gasteiger partial charge in [-0.3, -0.25) is 4.79 Å². The van der Waals surface area contributed by atoms with Crippen LogP contribution in [0.25, 0.3) is 0 Å². The molecule has 1 rings (SSSR count). The van der Waals surface area contributed by atoms with Gasteiger partial charge in [-0.15, -0.1) is 0 Å². The number of aryl methyl sites for hydroxylation is 3. The number of hydrogen-bond donors (Lipinski definition) is 0. The predicted molar refractivity (Wildman–Crippen MR) is 88.9 cm³/mol. The predicted octanol–water partition coefficient (Wildman–Crippen LogP) is 3.97. The maximum absolute atomic E-state index is 11.6. The molecule has 3 nitrogen and oxygen atoms in total. The Morgan fingerprint density at radius 3 is 2.23 bits per heavy atom. The minimum Gasteiger partial charge on any atom is -0.478 e. The number of carbonyl (C=O) groups is 1. The van der Waals surface area contributed by atoms with Crippen molar-refractivity contribution < 1.29 is 14.3 Å². The third-order valence-electron chi connectivity index (χ3n) is 3.09. The van der Waals surface area contributed by atoms with E-state index in [4.69, 9.17) is 9.47 Å². The molecule has 0 aliphatic heterocycles. The Hall–Kier alpha value is -1.95. The van der Waals surface area contributed by atoms with Crippen LogP contribution in [0.4, 0.5) is 0 Å². The number of carbonyl (C=O) groups excluding carboxylic acids is 1. The van der Waals surface area contributed by atoms with Gasteiger partial charge in [0.2, 0.25) is 0 Å². The lowest BCUT2D eigenvalue weighted by Gasteiger charge is -2.16. The normalized spacial score (nSPS) is 12.1. The van der Waals surface area contributed by atoms with Crippen LogP contribution in [0.1, 0.15) is 44.4 Å². The van der Waals surface area contributed by atoms with E-state index in [0.717, 1.165) is 16.9 Å². The monoisotopic (exact) mass is 302 g/mol. The first-order valence-electron chi connectivity index (χ1n) is 7.51. The lowest BCUT2D eigenvalue weighted by Crippen LogP contribution is -2.23. The summed E-state index contributed by atoms with van der Waals surface area (Å²) >= 11 is 0. The van der Waals surface area contributed by atoms with Gasteiger partial charge in [-0.25, -0.2) is 0 Å². The Labute approximate surface area is 134 Å². The summed E-state index contributed by atoms with van der Waals surface area (Å²) in [6, 6.07) is 4.18. The maximum atomic E-state index is 11.6. The molecule has 0 saturated carbocycles. The Bertz CT molecular complexity index is 574. The van der Waals surface area contributed by atoms with E-state index in [0.29, 0.717) is 0 Å². The second-order valence-electron chi connectivity index (χ2n) is 6.64. The van der Waals surface area contributed by atoms with Gasteiger partial charge in [0, 0.05) is 0 Å². The van der Waals surface area contributed by atoms with Gasteiger partial charge in [0.05, 0.1) is 5.41 Å². The van der Waals surface area contributed by atoms with Crippen molar-refractivity contribution in [3.63, 3.8) is 0 Å². The quantitative estimate of drug-likeness (QED) is 0.626. The van der Waals surface area contributed by atoms with Crippen LogP contribution in [0.2, 0.25) is 0 Å². The third kappa shape index (κ3) is 5.44. The molecule has 0 saturated heterocycles. The van der Waals surface area contributed by atoms with Crippen LogP contribution in [0.3, 0.4) is 0 Å². The highest BCUT2D eigenvalue weighted by Gasteiger charge is 2.22. The summed E-state index contributed by atoms with van der Waals surface area (Å²) in [6.07, 6.45) is -0.256. The molecule has 3 heteroatoms. The Morgan fingerprint density at radius 1 is 1.18 bits per heavy atom. The number of esters is 1. The first-order valence-corrected chi connectivity index (χ1v) is 7.51. The molecule has 0 unspecified atom stereocenters. The fraction of sp³-hybridized carbons (Fsp3) is 0.526. The lowest BCUT2D eigenvalue weighted by molar-refractivity contribution is -0.151. The topological polar surface area (TPSA) is 35.5 Å². The average molecular weight is 302 g/mol. The van der Waals surface area contributed by atoms with Gasteiger partial charge >= 0.3 is 5.97 Å².